The van der Waals surface area contributed by atoms with Crippen LogP contribution in [0.5, 0.6) is 0 Å². The summed E-state index contributed by atoms with van der Waals surface area (Å²) in [5.41, 5.74) is 19.5. The van der Waals surface area contributed by atoms with E-state index < -0.39 is 22.2 Å². The Kier molecular flexibility index (Phi) is 4.24. The molecule has 0 spiro atoms. The van der Waals surface area contributed by atoms with Gasteiger partial charge in [0.15, 0.2) is 0 Å². The third-order valence-electron chi connectivity index (χ3n) is 3.94. The highest BCUT2D eigenvalue weighted by Crippen LogP contribution is 2.45. The molecule has 1 aliphatic rings. The molecule has 1 aliphatic heterocycles. The van der Waals surface area contributed by atoms with Crippen molar-refractivity contribution in [2.75, 3.05) is 4.31 Å². The van der Waals surface area contributed by atoms with Gasteiger partial charge in [0.25, 0.3) is 10.0 Å². The molecule has 3 rings (SSSR count). The highest BCUT2D eigenvalue weighted by Gasteiger charge is 2.44. The second-order valence-corrected chi connectivity index (χ2v) is 7.26. The minimum Gasteiger partial charge on any atom is -0.256 e. The van der Waals surface area contributed by atoms with Gasteiger partial charge in [-0.2, -0.15) is 0 Å². The van der Waals surface area contributed by atoms with E-state index in [1.54, 1.807) is 36.4 Å². The number of hydrogen-bond donors (Lipinski definition) is 0. The maximum atomic E-state index is 13.2. The van der Waals surface area contributed by atoms with Crippen molar-refractivity contribution < 1.29 is 8.42 Å². The summed E-state index contributed by atoms with van der Waals surface area (Å²) in [6, 6.07) is 12.0. The molecule has 0 unspecified atom stereocenters. The van der Waals surface area contributed by atoms with E-state index in [4.69, 9.17) is 11.1 Å². The number of anilines is 1. The first kappa shape index (κ1) is 16.7. The van der Waals surface area contributed by atoms with Crippen LogP contribution in [0.15, 0.2) is 63.7 Å². The minimum absolute atomic E-state index is 0.0626. The zero-order valence-electron chi connectivity index (χ0n) is 13.1. The topological polar surface area (TPSA) is 135 Å². The Bertz CT molecular complexity index is 1010. The number of nitrogens with zero attached hydrogens (tertiary/aromatic N) is 7. The fourth-order valence-corrected chi connectivity index (χ4v) is 4.38. The first-order valence-electron chi connectivity index (χ1n) is 7.29. The number of azide groups is 2. The second-order valence-electron chi connectivity index (χ2n) is 5.44. The summed E-state index contributed by atoms with van der Waals surface area (Å²) in [5.74, 6) is 0. The summed E-state index contributed by atoms with van der Waals surface area (Å²) in [7, 11) is -4.01. The van der Waals surface area contributed by atoms with Crippen LogP contribution in [0.3, 0.4) is 0 Å². The maximum Gasteiger partial charge on any atom is 0.264 e. The van der Waals surface area contributed by atoms with Gasteiger partial charge in [0.05, 0.1) is 16.6 Å². The molecule has 1 heterocycles. The fourth-order valence-electron chi connectivity index (χ4n) is 2.81. The first-order valence-corrected chi connectivity index (χ1v) is 8.73. The van der Waals surface area contributed by atoms with Crippen LogP contribution in [0, 0.1) is 6.92 Å². The lowest BCUT2D eigenvalue weighted by Crippen LogP contribution is -2.37. The molecule has 25 heavy (non-hydrogen) atoms. The molecule has 126 valence electrons. The smallest absolute Gasteiger partial charge is 0.256 e. The normalized spacial score (nSPS) is 18.8. The largest absolute Gasteiger partial charge is 0.264 e. The van der Waals surface area contributed by atoms with Crippen LogP contribution < -0.4 is 4.31 Å². The highest BCUT2D eigenvalue weighted by atomic mass is 32.2. The summed E-state index contributed by atoms with van der Waals surface area (Å²) in [6.45, 7) is 1.85. The minimum atomic E-state index is -4.01. The molecule has 0 saturated carbocycles. The Hall–Kier alpha value is -3.19. The second kappa shape index (κ2) is 6.37. The summed E-state index contributed by atoms with van der Waals surface area (Å²) in [6.07, 6.45) is -1.20. The van der Waals surface area contributed by atoms with Gasteiger partial charge in [-0.3, -0.25) is 4.31 Å². The van der Waals surface area contributed by atoms with E-state index >= 15 is 0 Å². The quantitative estimate of drug-likeness (QED) is 0.461. The fraction of sp³-hybridized carbons (Fsp3) is 0.200. The number of para-hydroxylation sites is 1. The van der Waals surface area contributed by atoms with E-state index in [9.17, 15) is 8.42 Å². The predicted octanol–water partition coefficient (Wildman–Crippen LogP) is 4.19. The Labute approximate surface area is 143 Å². The van der Waals surface area contributed by atoms with Crippen LogP contribution in [-0.2, 0) is 10.0 Å². The predicted molar refractivity (Wildman–Crippen MR) is 92.1 cm³/mol. The number of aryl methyl sites for hydroxylation is 1. The van der Waals surface area contributed by atoms with Crippen LogP contribution in [0.25, 0.3) is 20.9 Å². The van der Waals surface area contributed by atoms with Crippen molar-refractivity contribution in [2.24, 2.45) is 10.2 Å². The van der Waals surface area contributed by atoms with E-state index in [2.05, 4.69) is 20.1 Å². The lowest BCUT2D eigenvalue weighted by molar-refractivity contribution is 0.556. The Morgan fingerprint density at radius 1 is 1.00 bits per heavy atom. The summed E-state index contributed by atoms with van der Waals surface area (Å²) in [4.78, 5) is 5.57. The molecule has 2 aromatic rings. The number of sulfonamides is 1. The van der Waals surface area contributed by atoms with Gasteiger partial charge in [-0.1, -0.05) is 46.1 Å². The molecular formula is C15H13N7O2S. The molecule has 2 atom stereocenters. The third-order valence-corrected chi connectivity index (χ3v) is 5.74. The van der Waals surface area contributed by atoms with E-state index in [1.165, 1.54) is 12.1 Å². The standard InChI is InChI=1S/C15H13N7O2S/c1-10-6-8-11(9-7-10)25(23,24)22-13-5-3-2-4-12(13)14(18-20-16)15(22)19-21-17/h2-9,14-15H,1H3/t14-,15-/m1/s1. The van der Waals surface area contributed by atoms with Crippen molar-refractivity contribution in [3.8, 4) is 0 Å². The lowest BCUT2D eigenvalue weighted by Gasteiger charge is -2.25. The zero-order chi connectivity index (χ0) is 18.0. The van der Waals surface area contributed by atoms with Crippen LogP contribution >= 0.6 is 0 Å². The summed E-state index contributed by atoms with van der Waals surface area (Å²) >= 11 is 0. The van der Waals surface area contributed by atoms with Crippen molar-refractivity contribution in [1.82, 2.24) is 0 Å². The number of rotatable bonds is 4. The molecule has 0 N–H and O–H groups in total. The Morgan fingerprint density at radius 3 is 2.28 bits per heavy atom. The van der Waals surface area contributed by atoms with Crippen LogP contribution in [0.1, 0.15) is 17.2 Å². The van der Waals surface area contributed by atoms with Crippen LogP contribution in [0.4, 0.5) is 5.69 Å². The molecular weight excluding hydrogens is 342 g/mol. The average molecular weight is 355 g/mol. The first-order chi connectivity index (χ1) is 12.0. The van der Waals surface area contributed by atoms with Gasteiger partial charge in [-0.25, -0.2) is 8.42 Å². The van der Waals surface area contributed by atoms with E-state index in [0.717, 1.165) is 9.87 Å². The van der Waals surface area contributed by atoms with Gasteiger partial charge in [0.1, 0.15) is 6.17 Å². The number of benzene rings is 2. The summed E-state index contributed by atoms with van der Waals surface area (Å²) in [5, 5.41) is 7.24. The molecule has 0 saturated heterocycles. The molecule has 9 nitrogen and oxygen atoms in total. The molecule has 0 radical (unpaired) electrons. The monoisotopic (exact) mass is 355 g/mol. The molecule has 0 aliphatic carbocycles. The number of hydrogen-bond acceptors (Lipinski definition) is 4. The van der Waals surface area contributed by atoms with Crippen LogP contribution in [-0.4, -0.2) is 14.6 Å². The van der Waals surface area contributed by atoms with E-state index in [0.29, 0.717) is 11.3 Å². The van der Waals surface area contributed by atoms with E-state index in [1.807, 2.05) is 6.92 Å². The Morgan fingerprint density at radius 2 is 1.64 bits per heavy atom. The average Bonchev–Trinajstić information content (AvgIpc) is 2.90. The van der Waals surface area contributed by atoms with Gasteiger partial charge < -0.3 is 0 Å². The highest BCUT2D eigenvalue weighted by molar-refractivity contribution is 7.92. The van der Waals surface area contributed by atoms with Crippen molar-refractivity contribution >= 4 is 15.7 Å². The van der Waals surface area contributed by atoms with Gasteiger partial charge in [-0.05, 0) is 41.7 Å². The molecule has 0 amide bonds. The van der Waals surface area contributed by atoms with Crippen molar-refractivity contribution in [1.29, 1.82) is 0 Å². The Balaban J connectivity index is 2.23. The van der Waals surface area contributed by atoms with E-state index in [-0.39, 0.29) is 4.90 Å². The van der Waals surface area contributed by atoms with Crippen LogP contribution in [0.2, 0.25) is 0 Å². The molecule has 0 aromatic heterocycles. The van der Waals surface area contributed by atoms with Crippen molar-refractivity contribution in [3.63, 3.8) is 0 Å². The number of fused-ring (bicyclic) bond motifs is 1. The molecule has 0 bridgehead atoms. The summed E-state index contributed by atoms with van der Waals surface area (Å²) < 4.78 is 27.3. The van der Waals surface area contributed by atoms with Crippen molar-refractivity contribution in [2.45, 2.75) is 24.0 Å². The zero-order valence-corrected chi connectivity index (χ0v) is 13.9. The molecule has 2 aromatic carbocycles. The molecule has 0 fully saturated rings. The van der Waals surface area contributed by atoms with Gasteiger partial charge >= 0.3 is 0 Å². The van der Waals surface area contributed by atoms with Gasteiger partial charge in [-0.15, -0.1) is 0 Å². The van der Waals surface area contributed by atoms with Gasteiger partial charge in [0, 0.05) is 9.82 Å². The SMILES string of the molecule is Cc1ccc(S(=O)(=O)N2c3ccccc3[C@@H](N=[N+]=[N-])[C@@H]2N=[N+]=[N-])cc1. The third kappa shape index (κ3) is 2.74. The van der Waals surface area contributed by atoms with Crippen molar-refractivity contribution in [3.05, 3.63) is 80.5 Å². The maximum absolute atomic E-state index is 13.2. The lowest BCUT2D eigenvalue weighted by atomic mass is 10.1. The molecule has 10 heteroatoms. The van der Waals surface area contributed by atoms with Gasteiger partial charge in [0.2, 0.25) is 0 Å².